The van der Waals surface area contributed by atoms with E-state index in [-0.39, 0.29) is 0 Å². The molecule has 146 valence electrons. The van der Waals surface area contributed by atoms with Gasteiger partial charge in [0.1, 0.15) is 0 Å². The lowest BCUT2D eigenvalue weighted by Gasteiger charge is -2.54. The SMILES string of the molecule is O=C(CCCn1cccn1)N1CCCC2=CC3CC(CN4CCCCC34)C21. The smallest absolute Gasteiger partial charge is 0.223 e. The van der Waals surface area contributed by atoms with Crippen molar-refractivity contribution < 1.29 is 4.79 Å². The molecule has 0 saturated carbocycles. The van der Waals surface area contributed by atoms with E-state index in [0.717, 1.165) is 37.9 Å². The molecule has 4 heterocycles. The Balaban J connectivity index is 1.28. The van der Waals surface area contributed by atoms with Crippen LogP contribution >= 0.6 is 0 Å². The van der Waals surface area contributed by atoms with Crippen LogP contribution in [0.2, 0.25) is 0 Å². The van der Waals surface area contributed by atoms with Crippen molar-refractivity contribution in [1.82, 2.24) is 19.6 Å². The summed E-state index contributed by atoms with van der Waals surface area (Å²) in [6, 6.07) is 3.11. The van der Waals surface area contributed by atoms with Crippen molar-refractivity contribution in [2.45, 2.75) is 70.0 Å². The average Bonchev–Trinajstić information content (AvgIpc) is 3.21. The number of hydrogen-bond acceptors (Lipinski definition) is 3. The Morgan fingerprint density at radius 1 is 1.22 bits per heavy atom. The first-order valence-corrected chi connectivity index (χ1v) is 11.0. The van der Waals surface area contributed by atoms with Crippen molar-refractivity contribution >= 4 is 5.91 Å². The number of aryl methyl sites for hydroxylation is 1. The largest absolute Gasteiger partial charge is 0.336 e. The fourth-order valence-corrected chi connectivity index (χ4v) is 6.22. The molecule has 5 rings (SSSR count). The highest BCUT2D eigenvalue weighted by molar-refractivity contribution is 5.77. The average molecular weight is 369 g/mol. The summed E-state index contributed by atoms with van der Waals surface area (Å²) in [7, 11) is 0. The van der Waals surface area contributed by atoms with Gasteiger partial charge in [0.25, 0.3) is 0 Å². The maximum atomic E-state index is 13.1. The number of amides is 1. The predicted molar refractivity (Wildman–Crippen MR) is 105 cm³/mol. The number of piperidine rings is 3. The van der Waals surface area contributed by atoms with E-state index in [2.05, 4.69) is 21.0 Å². The first-order chi connectivity index (χ1) is 13.3. The third-order valence-corrected chi connectivity index (χ3v) is 7.31. The molecular weight excluding hydrogens is 336 g/mol. The summed E-state index contributed by atoms with van der Waals surface area (Å²) in [4.78, 5) is 18.1. The zero-order valence-electron chi connectivity index (χ0n) is 16.3. The summed E-state index contributed by atoms with van der Waals surface area (Å²) >= 11 is 0. The third kappa shape index (κ3) is 3.35. The Kier molecular flexibility index (Phi) is 4.80. The molecule has 0 N–H and O–H groups in total. The maximum Gasteiger partial charge on any atom is 0.223 e. The molecule has 0 aromatic carbocycles. The molecule has 4 atom stereocenters. The number of rotatable bonds is 4. The van der Waals surface area contributed by atoms with Crippen LogP contribution < -0.4 is 0 Å². The number of nitrogens with zero attached hydrogens (tertiary/aromatic N) is 4. The summed E-state index contributed by atoms with van der Waals surface area (Å²) in [6.07, 6.45) is 15.7. The summed E-state index contributed by atoms with van der Waals surface area (Å²) in [6.45, 7) is 4.26. The van der Waals surface area contributed by atoms with Gasteiger partial charge >= 0.3 is 0 Å². The van der Waals surface area contributed by atoms with Crippen LogP contribution in [-0.4, -0.2) is 57.2 Å². The standard InChI is InChI=1S/C22H32N4O/c27-21(8-4-11-25-12-5-9-23-25)26-13-3-6-17-14-18-15-19(22(17)26)16-24-10-2-1-7-20(18)24/h5,9,12,14,18-20,22H,1-4,6-8,10-11,13,15-16H2. The van der Waals surface area contributed by atoms with E-state index in [0.29, 0.717) is 24.3 Å². The molecule has 1 aliphatic carbocycles. The van der Waals surface area contributed by atoms with Crippen LogP contribution in [0.15, 0.2) is 30.1 Å². The Morgan fingerprint density at radius 3 is 3.07 bits per heavy atom. The molecule has 3 fully saturated rings. The van der Waals surface area contributed by atoms with Gasteiger partial charge in [-0.3, -0.25) is 14.4 Å². The topological polar surface area (TPSA) is 41.4 Å². The van der Waals surface area contributed by atoms with Gasteiger partial charge in [-0.25, -0.2) is 0 Å². The lowest BCUT2D eigenvalue weighted by atomic mass is 9.68. The van der Waals surface area contributed by atoms with Crippen LogP contribution in [0, 0.1) is 11.8 Å². The summed E-state index contributed by atoms with van der Waals surface area (Å²) in [5.74, 6) is 1.75. The van der Waals surface area contributed by atoms with Crippen LogP contribution in [0.1, 0.15) is 51.4 Å². The van der Waals surface area contributed by atoms with Crippen molar-refractivity contribution in [3.8, 4) is 0 Å². The molecule has 1 aromatic heterocycles. The molecule has 0 spiro atoms. The second-order valence-corrected chi connectivity index (χ2v) is 8.97. The van der Waals surface area contributed by atoms with E-state index >= 15 is 0 Å². The number of aromatic nitrogens is 2. The van der Waals surface area contributed by atoms with Gasteiger partial charge in [-0.05, 0) is 63.0 Å². The summed E-state index contributed by atoms with van der Waals surface area (Å²) < 4.78 is 1.93. The molecule has 0 radical (unpaired) electrons. The maximum absolute atomic E-state index is 13.1. The van der Waals surface area contributed by atoms with Gasteiger partial charge in [0.05, 0.1) is 6.04 Å². The number of fused-ring (bicyclic) bond motifs is 6. The Hall–Kier alpha value is -1.62. The number of hydrogen-bond donors (Lipinski definition) is 0. The van der Waals surface area contributed by atoms with Crippen molar-refractivity contribution in [3.63, 3.8) is 0 Å². The highest BCUT2D eigenvalue weighted by Gasteiger charge is 2.46. The number of carbonyl (C=O) groups is 1. The van der Waals surface area contributed by atoms with Gasteiger partial charge in [-0.15, -0.1) is 0 Å². The van der Waals surface area contributed by atoms with E-state index in [1.165, 1.54) is 45.2 Å². The van der Waals surface area contributed by atoms with E-state index < -0.39 is 0 Å². The molecule has 3 saturated heterocycles. The minimum atomic E-state index is 0.358. The van der Waals surface area contributed by atoms with Crippen LogP contribution in [-0.2, 0) is 11.3 Å². The lowest BCUT2D eigenvalue weighted by molar-refractivity contribution is -0.136. The highest BCUT2D eigenvalue weighted by atomic mass is 16.2. The van der Waals surface area contributed by atoms with Crippen molar-refractivity contribution in [2.24, 2.45) is 11.8 Å². The predicted octanol–water partition coefficient (Wildman–Crippen LogP) is 3.08. The minimum Gasteiger partial charge on any atom is -0.336 e. The van der Waals surface area contributed by atoms with E-state index in [1.807, 2.05) is 16.9 Å². The molecule has 1 aromatic rings. The highest BCUT2D eigenvalue weighted by Crippen LogP contribution is 2.45. The quantitative estimate of drug-likeness (QED) is 0.767. The molecule has 3 aliphatic heterocycles. The van der Waals surface area contributed by atoms with E-state index in [1.54, 1.807) is 11.8 Å². The van der Waals surface area contributed by atoms with Gasteiger partial charge in [0.15, 0.2) is 0 Å². The second-order valence-electron chi connectivity index (χ2n) is 8.97. The Bertz CT molecular complexity index is 697. The van der Waals surface area contributed by atoms with E-state index in [4.69, 9.17) is 0 Å². The van der Waals surface area contributed by atoms with Crippen LogP contribution in [0.4, 0.5) is 0 Å². The van der Waals surface area contributed by atoms with Crippen LogP contribution in [0.3, 0.4) is 0 Å². The van der Waals surface area contributed by atoms with Gasteiger partial charge in [0.2, 0.25) is 5.91 Å². The first kappa shape index (κ1) is 17.5. The molecule has 4 unspecified atom stereocenters. The van der Waals surface area contributed by atoms with Gasteiger partial charge < -0.3 is 4.90 Å². The van der Waals surface area contributed by atoms with Crippen LogP contribution in [0.5, 0.6) is 0 Å². The summed E-state index contributed by atoms with van der Waals surface area (Å²) in [5, 5.41) is 4.25. The third-order valence-electron chi connectivity index (χ3n) is 7.31. The second kappa shape index (κ2) is 7.42. The Morgan fingerprint density at radius 2 is 2.19 bits per heavy atom. The Labute approximate surface area is 162 Å². The fraction of sp³-hybridized carbons (Fsp3) is 0.727. The number of carbonyl (C=O) groups excluding carboxylic acids is 1. The van der Waals surface area contributed by atoms with Crippen molar-refractivity contribution in [2.75, 3.05) is 19.6 Å². The molecule has 1 amide bonds. The monoisotopic (exact) mass is 368 g/mol. The molecule has 2 bridgehead atoms. The fourth-order valence-electron chi connectivity index (χ4n) is 6.22. The van der Waals surface area contributed by atoms with Gasteiger partial charge in [-0.2, -0.15) is 5.10 Å². The molecule has 5 nitrogen and oxygen atoms in total. The summed E-state index contributed by atoms with van der Waals surface area (Å²) in [5.41, 5.74) is 1.59. The van der Waals surface area contributed by atoms with Crippen molar-refractivity contribution in [1.29, 1.82) is 0 Å². The normalized spacial score (nSPS) is 33.2. The number of likely N-dealkylation sites (tertiary alicyclic amines) is 1. The lowest BCUT2D eigenvalue weighted by Crippen LogP contribution is -2.60. The molecule has 27 heavy (non-hydrogen) atoms. The molecule has 5 heteroatoms. The van der Waals surface area contributed by atoms with Gasteiger partial charge in [-0.1, -0.05) is 18.1 Å². The zero-order chi connectivity index (χ0) is 18.2. The zero-order valence-corrected chi connectivity index (χ0v) is 16.3. The van der Waals surface area contributed by atoms with Gasteiger partial charge in [0, 0.05) is 44.5 Å². The molecular formula is C22H32N4O. The minimum absolute atomic E-state index is 0.358. The first-order valence-electron chi connectivity index (χ1n) is 11.0. The van der Waals surface area contributed by atoms with Crippen molar-refractivity contribution in [3.05, 3.63) is 30.1 Å². The van der Waals surface area contributed by atoms with E-state index in [9.17, 15) is 4.79 Å². The van der Waals surface area contributed by atoms with Crippen LogP contribution in [0.25, 0.3) is 0 Å². The molecule has 4 aliphatic rings.